The van der Waals surface area contributed by atoms with Crippen LogP contribution in [0, 0.1) is 46.3 Å². The number of rotatable bonds is 8. The minimum Gasteiger partial charge on any atom is -0.446 e. The van der Waals surface area contributed by atoms with E-state index in [1.165, 1.54) is 51.4 Å². The highest BCUT2D eigenvalue weighted by molar-refractivity contribution is 5.67. The van der Waals surface area contributed by atoms with Gasteiger partial charge in [0.25, 0.3) is 0 Å². The molecule has 1 N–H and O–H groups in total. The molecule has 0 aromatic rings. The molecule has 4 aliphatic rings. The fourth-order valence-electron chi connectivity index (χ4n) is 9.10. The Morgan fingerprint density at radius 2 is 1.94 bits per heavy atom. The third-order valence-corrected chi connectivity index (χ3v) is 10.9. The Hall–Kier alpha value is -1.25. The smallest absolute Gasteiger partial charge is 0.407 e. The second-order valence-corrected chi connectivity index (χ2v) is 13.2. The van der Waals surface area contributed by atoms with Crippen molar-refractivity contribution in [3.8, 4) is 0 Å². The first-order chi connectivity index (χ1) is 16.2. The summed E-state index contributed by atoms with van der Waals surface area (Å²) in [6.07, 6.45) is 18.3. The van der Waals surface area contributed by atoms with E-state index in [1.807, 2.05) is 0 Å². The number of ether oxygens (including phenoxy) is 1. The van der Waals surface area contributed by atoms with Gasteiger partial charge in [0, 0.05) is 13.0 Å². The lowest BCUT2D eigenvalue weighted by molar-refractivity contribution is -0.0581. The lowest BCUT2D eigenvalue weighted by Crippen LogP contribution is -2.51. The van der Waals surface area contributed by atoms with E-state index in [-0.39, 0.29) is 12.2 Å². The number of nitrogens with one attached hydrogen (secondary N) is 1. The SMILES string of the molecule is C=CCNC(=O)O[C@H]1CC[C@@]2(C)C(=CC[C@H]3[C@@H]4CC[C@H]([C@H](C)CCCC(C)C)[C@@]4(C)CC[C@@H]32)C1. The van der Waals surface area contributed by atoms with Crippen molar-refractivity contribution >= 4 is 6.09 Å². The van der Waals surface area contributed by atoms with Crippen molar-refractivity contribution < 1.29 is 9.53 Å². The van der Waals surface area contributed by atoms with Crippen LogP contribution in [0.15, 0.2) is 24.3 Å². The van der Waals surface area contributed by atoms with Crippen molar-refractivity contribution in [1.82, 2.24) is 5.32 Å². The zero-order chi connectivity index (χ0) is 24.5. The summed E-state index contributed by atoms with van der Waals surface area (Å²) in [7, 11) is 0. The predicted molar refractivity (Wildman–Crippen MR) is 142 cm³/mol. The maximum absolute atomic E-state index is 12.1. The molecule has 0 bridgehead atoms. The molecule has 8 atom stereocenters. The highest BCUT2D eigenvalue weighted by Crippen LogP contribution is 2.67. The molecule has 3 saturated carbocycles. The number of carbonyl (C=O) groups is 1. The van der Waals surface area contributed by atoms with Crippen LogP contribution in [0.25, 0.3) is 0 Å². The molecule has 0 aliphatic heterocycles. The normalized spacial score (nSPS) is 39.9. The molecule has 0 saturated heterocycles. The Labute approximate surface area is 209 Å². The van der Waals surface area contributed by atoms with E-state index in [9.17, 15) is 4.79 Å². The fourth-order valence-corrected chi connectivity index (χ4v) is 9.10. The number of hydrogen-bond acceptors (Lipinski definition) is 2. The van der Waals surface area contributed by atoms with Crippen LogP contribution in [-0.4, -0.2) is 18.7 Å². The summed E-state index contributed by atoms with van der Waals surface area (Å²) in [5, 5.41) is 2.77. The maximum Gasteiger partial charge on any atom is 0.407 e. The van der Waals surface area contributed by atoms with Crippen LogP contribution in [-0.2, 0) is 4.74 Å². The summed E-state index contributed by atoms with van der Waals surface area (Å²) >= 11 is 0. The summed E-state index contributed by atoms with van der Waals surface area (Å²) in [6, 6.07) is 0. The van der Waals surface area contributed by atoms with Gasteiger partial charge >= 0.3 is 6.09 Å². The summed E-state index contributed by atoms with van der Waals surface area (Å²) < 4.78 is 5.76. The van der Waals surface area contributed by atoms with Crippen molar-refractivity contribution in [2.75, 3.05) is 6.54 Å². The molecule has 0 aromatic carbocycles. The van der Waals surface area contributed by atoms with E-state index in [0.717, 1.165) is 54.8 Å². The molecule has 192 valence electrons. The number of amides is 1. The van der Waals surface area contributed by atoms with Gasteiger partial charge in [-0.3, -0.25) is 0 Å². The third kappa shape index (κ3) is 4.87. The second kappa shape index (κ2) is 10.4. The zero-order valence-corrected chi connectivity index (χ0v) is 22.7. The molecule has 0 aromatic heterocycles. The number of allylic oxidation sites excluding steroid dienone is 1. The monoisotopic (exact) mass is 469 g/mol. The van der Waals surface area contributed by atoms with E-state index in [1.54, 1.807) is 11.6 Å². The highest BCUT2D eigenvalue weighted by Gasteiger charge is 2.59. The van der Waals surface area contributed by atoms with Crippen LogP contribution in [0.2, 0.25) is 0 Å². The zero-order valence-electron chi connectivity index (χ0n) is 22.7. The van der Waals surface area contributed by atoms with Crippen molar-refractivity contribution in [3.63, 3.8) is 0 Å². The fraction of sp³-hybridized carbons (Fsp3) is 0.839. The Bertz CT molecular complexity index is 771. The molecule has 3 heteroatoms. The molecule has 0 unspecified atom stereocenters. The van der Waals surface area contributed by atoms with E-state index in [2.05, 4.69) is 52.6 Å². The van der Waals surface area contributed by atoms with Crippen LogP contribution in [0.4, 0.5) is 4.79 Å². The first-order valence-electron chi connectivity index (χ1n) is 14.4. The quantitative estimate of drug-likeness (QED) is 0.363. The predicted octanol–water partition coefficient (Wildman–Crippen LogP) is 8.31. The van der Waals surface area contributed by atoms with Crippen molar-refractivity contribution in [2.45, 2.75) is 111 Å². The average Bonchev–Trinajstić information content (AvgIpc) is 3.15. The molecule has 4 aliphatic carbocycles. The Morgan fingerprint density at radius 1 is 1.15 bits per heavy atom. The first kappa shape index (κ1) is 25.8. The third-order valence-electron chi connectivity index (χ3n) is 10.9. The highest BCUT2D eigenvalue weighted by atomic mass is 16.6. The van der Waals surface area contributed by atoms with Gasteiger partial charge in [0.15, 0.2) is 0 Å². The van der Waals surface area contributed by atoms with Crippen molar-refractivity contribution in [3.05, 3.63) is 24.3 Å². The molecular formula is C31H51NO2. The van der Waals surface area contributed by atoms with Gasteiger partial charge in [-0.05, 0) is 91.3 Å². The maximum atomic E-state index is 12.1. The molecule has 3 fully saturated rings. The van der Waals surface area contributed by atoms with E-state index < -0.39 is 0 Å². The Balaban J connectivity index is 1.42. The van der Waals surface area contributed by atoms with Gasteiger partial charge in [-0.1, -0.05) is 71.6 Å². The van der Waals surface area contributed by atoms with E-state index in [4.69, 9.17) is 4.74 Å². The van der Waals surface area contributed by atoms with Gasteiger partial charge in [0.05, 0.1) is 0 Å². The molecular weight excluding hydrogens is 418 g/mol. The molecule has 34 heavy (non-hydrogen) atoms. The molecule has 0 heterocycles. The van der Waals surface area contributed by atoms with Gasteiger partial charge in [0.2, 0.25) is 0 Å². The van der Waals surface area contributed by atoms with Crippen LogP contribution < -0.4 is 5.32 Å². The molecule has 3 nitrogen and oxygen atoms in total. The van der Waals surface area contributed by atoms with Crippen molar-refractivity contribution in [2.24, 2.45) is 46.3 Å². The average molecular weight is 470 g/mol. The van der Waals surface area contributed by atoms with E-state index in [0.29, 0.717) is 17.4 Å². The minimum absolute atomic E-state index is 0.0251. The summed E-state index contributed by atoms with van der Waals surface area (Å²) in [5.74, 6) is 5.19. The van der Waals surface area contributed by atoms with E-state index >= 15 is 0 Å². The van der Waals surface area contributed by atoms with Crippen molar-refractivity contribution in [1.29, 1.82) is 0 Å². The molecule has 0 radical (unpaired) electrons. The summed E-state index contributed by atoms with van der Waals surface area (Å²) in [6.45, 7) is 16.6. The number of carbonyl (C=O) groups excluding carboxylic acids is 1. The summed E-state index contributed by atoms with van der Waals surface area (Å²) in [4.78, 5) is 12.1. The summed E-state index contributed by atoms with van der Waals surface area (Å²) in [5.41, 5.74) is 2.44. The lowest BCUT2D eigenvalue weighted by atomic mass is 9.47. The topological polar surface area (TPSA) is 38.3 Å². The molecule has 0 spiro atoms. The standard InChI is InChI=1S/C31H51NO2/c1-7-19-32-29(33)34-24-15-17-30(5)23(20-24)11-12-25-27-14-13-26(22(4)10-8-9-21(2)3)31(27,6)18-16-28(25)30/h7,11,21-22,24-28H,1,8-10,12-20H2,2-6H3,(H,32,33)/t22-,24+,25+,26-,27+,28+,30+,31-/m1/s1. The number of alkyl carbamates (subject to hydrolysis) is 1. The van der Waals surface area contributed by atoms with Gasteiger partial charge in [-0.2, -0.15) is 0 Å². The lowest BCUT2D eigenvalue weighted by Gasteiger charge is -2.58. The Kier molecular flexibility index (Phi) is 7.89. The largest absolute Gasteiger partial charge is 0.446 e. The minimum atomic E-state index is -0.296. The van der Waals surface area contributed by atoms with Gasteiger partial charge in [-0.15, -0.1) is 6.58 Å². The number of fused-ring (bicyclic) bond motifs is 5. The Morgan fingerprint density at radius 3 is 2.68 bits per heavy atom. The van der Waals surface area contributed by atoms with Gasteiger partial charge in [0.1, 0.15) is 6.10 Å². The van der Waals surface area contributed by atoms with Crippen LogP contribution in [0.3, 0.4) is 0 Å². The molecule has 4 rings (SSSR count). The van der Waals surface area contributed by atoms with Crippen LogP contribution in [0.5, 0.6) is 0 Å². The van der Waals surface area contributed by atoms with Crippen LogP contribution in [0.1, 0.15) is 105 Å². The molecule has 1 amide bonds. The van der Waals surface area contributed by atoms with Gasteiger partial charge < -0.3 is 10.1 Å². The first-order valence-corrected chi connectivity index (χ1v) is 14.4. The second-order valence-electron chi connectivity index (χ2n) is 13.2. The van der Waals surface area contributed by atoms with Crippen LogP contribution >= 0.6 is 0 Å². The number of hydrogen-bond donors (Lipinski definition) is 1. The van der Waals surface area contributed by atoms with Gasteiger partial charge in [-0.25, -0.2) is 4.79 Å².